The molecule has 14 heavy (non-hydrogen) atoms. The van der Waals surface area contributed by atoms with Crippen molar-refractivity contribution in [3.63, 3.8) is 0 Å². The Labute approximate surface area is 90.1 Å². The minimum Gasteiger partial charge on any atom is -0.294 e. The Bertz CT molecular complexity index is 331. The summed E-state index contributed by atoms with van der Waals surface area (Å²) in [5.41, 5.74) is 3.08. The van der Waals surface area contributed by atoms with E-state index >= 15 is 0 Å². The summed E-state index contributed by atoms with van der Waals surface area (Å²) in [7, 11) is 0. The van der Waals surface area contributed by atoms with Crippen LogP contribution >= 0.6 is 11.6 Å². The van der Waals surface area contributed by atoms with Crippen molar-refractivity contribution in [3.8, 4) is 0 Å². The Morgan fingerprint density at radius 3 is 2.50 bits per heavy atom. The number of aryl methyl sites for hydroxylation is 1. The number of benzene rings is 1. The molecule has 0 unspecified atom stereocenters. The number of rotatable bonds is 4. The summed E-state index contributed by atoms with van der Waals surface area (Å²) < 4.78 is 0. The van der Waals surface area contributed by atoms with Gasteiger partial charge in [-0.05, 0) is 23.6 Å². The molecular weight excluding hydrogens is 196 g/mol. The van der Waals surface area contributed by atoms with E-state index in [1.807, 2.05) is 25.1 Å². The quantitative estimate of drug-likeness (QED) is 0.549. The van der Waals surface area contributed by atoms with Gasteiger partial charge >= 0.3 is 0 Å². The zero-order valence-electron chi connectivity index (χ0n) is 8.64. The van der Waals surface area contributed by atoms with Gasteiger partial charge in [0.15, 0.2) is 5.78 Å². The molecule has 1 rings (SSSR count). The van der Waals surface area contributed by atoms with Crippen molar-refractivity contribution in [1.29, 1.82) is 0 Å². The maximum absolute atomic E-state index is 11.4. The summed E-state index contributed by atoms with van der Waals surface area (Å²) in [6, 6.07) is 5.80. The first kappa shape index (κ1) is 11.3. The van der Waals surface area contributed by atoms with Crippen LogP contribution in [0.25, 0.3) is 0 Å². The summed E-state index contributed by atoms with van der Waals surface area (Å²) in [4.78, 5) is 11.4. The monoisotopic (exact) mass is 210 g/mol. The maximum atomic E-state index is 11.4. The molecule has 0 spiro atoms. The van der Waals surface area contributed by atoms with Gasteiger partial charge in [0.2, 0.25) is 0 Å². The smallest absolute Gasteiger partial charge is 0.162 e. The first-order chi connectivity index (χ1) is 6.72. The Morgan fingerprint density at radius 2 is 2.00 bits per heavy atom. The molecule has 0 N–H and O–H groups in total. The van der Waals surface area contributed by atoms with Crippen molar-refractivity contribution in [2.45, 2.75) is 32.6 Å². The van der Waals surface area contributed by atoms with Gasteiger partial charge in [0, 0.05) is 17.9 Å². The van der Waals surface area contributed by atoms with E-state index in [9.17, 15) is 4.79 Å². The molecule has 0 aliphatic heterocycles. The Morgan fingerprint density at radius 1 is 1.29 bits per heavy atom. The van der Waals surface area contributed by atoms with E-state index in [0.29, 0.717) is 12.3 Å². The summed E-state index contributed by atoms with van der Waals surface area (Å²) in [5, 5.41) is 0. The molecule has 0 aliphatic rings. The van der Waals surface area contributed by atoms with E-state index in [2.05, 4.69) is 6.92 Å². The normalized spacial score (nSPS) is 10.2. The lowest BCUT2D eigenvalue weighted by molar-refractivity contribution is 0.0988. The summed E-state index contributed by atoms with van der Waals surface area (Å²) in [6.07, 6.45) is 1.51. The molecule has 0 aliphatic carbocycles. The molecule has 0 amide bonds. The van der Waals surface area contributed by atoms with Crippen LogP contribution < -0.4 is 0 Å². The van der Waals surface area contributed by atoms with Crippen LogP contribution in [-0.4, -0.2) is 5.78 Å². The van der Waals surface area contributed by atoms with Crippen LogP contribution in [0.3, 0.4) is 0 Å². The highest BCUT2D eigenvalue weighted by atomic mass is 35.5. The van der Waals surface area contributed by atoms with Crippen LogP contribution in [0.15, 0.2) is 18.2 Å². The second-order valence-electron chi connectivity index (χ2n) is 3.25. The highest BCUT2D eigenvalue weighted by Gasteiger charge is 2.06. The van der Waals surface area contributed by atoms with Crippen molar-refractivity contribution in [1.82, 2.24) is 0 Å². The van der Waals surface area contributed by atoms with E-state index in [0.717, 1.165) is 17.5 Å². The minimum absolute atomic E-state index is 0.180. The van der Waals surface area contributed by atoms with E-state index < -0.39 is 0 Å². The zero-order valence-corrected chi connectivity index (χ0v) is 9.40. The molecule has 1 aromatic carbocycles. The zero-order chi connectivity index (χ0) is 10.6. The lowest BCUT2D eigenvalue weighted by atomic mass is 10.0. The average molecular weight is 211 g/mol. The highest BCUT2D eigenvalue weighted by molar-refractivity contribution is 6.17. The molecule has 2 heteroatoms. The fourth-order valence-corrected chi connectivity index (χ4v) is 1.72. The van der Waals surface area contributed by atoms with Crippen LogP contribution in [0.4, 0.5) is 0 Å². The Balaban J connectivity index is 3.07. The summed E-state index contributed by atoms with van der Waals surface area (Å²) in [5.74, 6) is 0.660. The second-order valence-corrected chi connectivity index (χ2v) is 3.51. The van der Waals surface area contributed by atoms with Crippen LogP contribution in [0.5, 0.6) is 0 Å². The molecule has 0 fully saturated rings. The lowest BCUT2D eigenvalue weighted by Crippen LogP contribution is -1.99. The van der Waals surface area contributed by atoms with Crippen molar-refractivity contribution in [3.05, 3.63) is 34.9 Å². The van der Waals surface area contributed by atoms with Crippen LogP contribution in [-0.2, 0) is 12.3 Å². The van der Waals surface area contributed by atoms with E-state index in [1.165, 1.54) is 5.56 Å². The van der Waals surface area contributed by atoms with Gasteiger partial charge in [-0.1, -0.05) is 26.0 Å². The minimum atomic E-state index is 0.180. The average Bonchev–Trinajstić information content (AvgIpc) is 2.26. The van der Waals surface area contributed by atoms with Gasteiger partial charge in [0.25, 0.3) is 0 Å². The van der Waals surface area contributed by atoms with Gasteiger partial charge in [-0.3, -0.25) is 4.79 Å². The number of Topliss-reactive ketones (excluding diaryl/α,β-unsaturated/α-hetero) is 1. The SMILES string of the molecule is CCC(=O)c1ccc(CC)c(CCl)c1. The third kappa shape index (κ3) is 2.36. The number of alkyl halides is 1. The number of ketones is 1. The van der Waals surface area contributed by atoms with Crippen molar-refractivity contribution in [2.24, 2.45) is 0 Å². The molecule has 0 radical (unpaired) electrons. The number of hydrogen-bond donors (Lipinski definition) is 0. The van der Waals surface area contributed by atoms with Crippen LogP contribution in [0.2, 0.25) is 0 Å². The highest BCUT2D eigenvalue weighted by Crippen LogP contribution is 2.16. The fraction of sp³-hybridized carbons (Fsp3) is 0.417. The van der Waals surface area contributed by atoms with Gasteiger partial charge in [0.1, 0.15) is 0 Å². The number of halogens is 1. The predicted molar refractivity (Wildman–Crippen MR) is 60.0 cm³/mol. The third-order valence-electron chi connectivity index (χ3n) is 2.37. The van der Waals surface area contributed by atoms with Gasteiger partial charge in [-0.2, -0.15) is 0 Å². The second kappa shape index (κ2) is 5.16. The molecular formula is C12H15ClO. The van der Waals surface area contributed by atoms with Crippen molar-refractivity contribution >= 4 is 17.4 Å². The van der Waals surface area contributed by atoms with Gasteiger partial charge in [-0.25, -0.2) is 0 Å². The van der Waals surface area contributed by atoms with E-state index in [4.69, 9.17) is 11.6 Å². The van der Waals surface area contributed by atoms with Gasteiger partial charge < -0.3 is 0 Å². The molecule has 0 saturated heterocycles. The fourth-order valence-electron chi connectivity index (χ4n) is 1.47. The third-order valence-corrected chi connectivity index (χ3v) is 2.66. The number of carbonyl (C=O) groups excluding carboxylic acids is 1. The molecule has 0 atom stereocenters. The molecule has 0 heterocycles. The topological polar surface area (TPSA) is 17.1 Å². The molecule has 0 saturated carbocycles. The molecule has 76 valence electrons. The Kier molecular flexibility index (Phi) is 4.15. The molecule has 0 bridgehead atoms. The molecule has 0 aromatic heterocycles. The van der Waals surface area contributed by atoms with E-state index in [-0.39, 0.29) is 5.78 Å². The molecule has 1 nitrogen and oxygen atoms in total. The Hall–Kier alpha value is -0.820. The summed E-state index contributed by atoms with van der Waals surface area (Å²) in [6.45, 7) is 3.96. The van der Waals surface area contributed by atoms with Crippen molar-refractivity contribution in [2.75, 3.05) is 0 Å². The van der Waals surface area contributed by atoms with Crippen LogP contribution in [0.1, 0.15) is 41.8 Å². The van der Waals surface area contributed by atoms with E-state index in [1.54, 1.807) is 0 Å². The van der Waals surface area contributed by atoms with Crippen molar-refractivity contribution < 1.29 is 4.79 Å². The van der Waals surface area contributed by atoms with Gasteiger partial charge in [0.05, 0.1) is 0 Å². The van der Waals surface area contributed by atoms with Gasteiger partial charge in [-0.15, -0.1) is 11.6 Å². The number of carbonyl (C=O) groups is 1. The largest absolute Gasteiger partial charge is 0.294 e. The first-order valence-corrected chi connectivity index (χ1v) is 5.47. The lowest BCUT2D eigenvalue weighted by Gasteiger charge is -2.06. The predicted octanol–water partition coefficient (Wildman–Crippen LogP) is 3.58. The van der Waals surface area contributed by atoms with Crippen LogP contribution in [0, 0.1) is 0 Å². The standard InChI is InChI=1S/C12H15ClO/c1-3-9-5-6-10(12(14)4-2)7-11(9)8-13/h5-7H,3-4,8H2,1-2H3. The molecule has 1 aromatic rings. The number of hydrogen-bond acceptors (Lipinski definition) is 1. The first-order valence-electron chi connectivity index (χ1n) is 4.93. The maximum Gasteiger partial charge on any atom is 0.162 e. The summed E-state index contributed by atoms with van der Waals surface area (Å²) >= 11 is 5.82.